The van der Waals surface area contributed by atoms with Crippen LogP contribution >= 0.6 is 11.6 Å². The predicted molar refractivity (Wildman–Crippen MR) is 101 cm³/mol. The van der Waals surface area contributed by atoms with Crippen molar-refractivity contribution in [2.75, 3.05) is 0 Å². The van der Waals surface area contributed by atoms with Crippen molar-refractivity contribution < 1.29 is 17.2 Å². The van der Waals surface area contributed by atoms with Crippen LogP contribution in [0.3, 0.4) is 0 Å². The summed E-state index contributed by atoms with van der Waals surface area (Å²) >= 11 is 5.72. The number of hydrogen-bond acceptors (Lipinski definition) is 5. The van der Waals surface area contributed by atoms with Gasteiger partial charge in [0.05, 0.1) is 6.20 Å². The third-order valence-electron chi connectivity index (χ3n) is 4.58. The molecule has 0 aliphatic heterocycles. The monoisotopic (exact) mass is 422 g/mol. The second kappa shape index (κ2) is 6.46. The Bertz CT molecular complexity index is 1270. The largest absolute Gasteiger partial charge is 0.249 e. The van der Waals surface area contributed by atoms with Gasteiger partial charge in [0.15, 0.2) is 11.5 Å². The highest BCUT2D eigenvalue weighted by atomic mass is 35.5. The summed E-state index contributed by atoms with van der Waals surface area (Å²) in [4.78, 5) is 11.4. The molecule has 3 heterocycles. The van der Waals surface area contributed by atoms with E-state index in [0.29, 0.717) is 5.39 Å². The SMILES string of the molecule is CC1(S(=O)(=O)n2ccc3cccnc32)C=C(F)C=C(c2nc(Cl)ncc2F)C1. The van der Waals surface area contributed by atoms with Gasteiger partial charge in [0.2, 0.25) is 15.3 Å². The normalized spacial score (nSPS) is 20.1. The lowest BCUT2D eigenvalue weighted by atomic mass is 9.92. The van der Waals surface area contributed by atoms with Crippen molar-refractivity contribution >= 4 is 38.2 Å². The lowest BCUT2D eigenvalue weighted by Crippen LogP contribution is -2.39. The fourth-order valence-corrected chi connectivity index (χ4v) is 5.01. The molecule has 1 atom stereocenters. The quantitative estimate of drug-likeness (QED) is 0.598. The minimum Gasteiger partial charge on any atom is -0.237 e. The summed E-state index contributed by atoms with van der Waals surface area (Å²) in [7, 11) is -4.14. The smallest absolute Gasteiger partial charge is 0.237 e. The molecule has 10 heteroatoms. The Kier molecular flexibility index (Phi) is 4.31. The van der Waals surface area contributed by atoms with Crippen LogP contribution in [0.1, 0.15) is 19.0 Å². The molecule has 1 aliphatic rings. The van der Waals surface area contributed by atoms with Crippen LogP contribution in [0.4, 0.5) is 8.78 Å². The van der Waals surface area contributed by atoms with Crippen LogP contribution in [-0.4, -0.2) is 32.1 Å². The van der Waals surface area contributed by atoms with Gasteiger partial charge in [-0.25, -0.2) is 36.1 Å². The number of hydrogen-bond donors (Lipinski definition) is 0. The number of pyridine rings is 1. The van der Waals surface area contributed by atoms with E-state index in [0.717, 1.165) is 22.3 Å². The van der Waals surface area contributed by atoms with Crippen molar-refractivity contribution in [3.63, 3.8) is 0 Å². The van der Waals surface area contributed by atoms with Crippen LogP contribution in [0, 0.1) is 5.82 Å². The van der Waals surface area contributed by atoms with Gasteiger partial charge in [-0.3, -0.25) is 0 Å². The summed E-state index contributed by atoms with van der Waals surface area (Å²) in [6.07, 6.45) is 5.53. The van der Waals surface area contributed by atoms with Crippen LogP contribution in [0.15, 0.2) is 54.8 Å². The maximum Gasteiger partial charge on any atom is 0.249 e. The first kappa shape index (κ1) is 18.7. The number of fused-ring (bicyclic) bond motifs is 1. The Morgan fingerprint density at radius 3 is 2.82 bits per heavy atom. The zero-order valence-corrected chi connectivity index (χ0v) is 16.0. The number of allylic oxidation sites excluding steroid dienone is 3. The van der Waals surface area contributed by atoms with Gasteiger partial charge in [0.1, 0.15) is 16.3 Å². The molecule has 1 aliphatic carbocycles. The molecule has 4 rings (SSSR count). The molecule has 28 heavy (non-hydrogen) atoms. The third-order valence-corrected chi connectivity index (χ3v) is 7.01. The van der Waals surface area contributed by atoms with E-state index in [2.05, 4.69) is 15.0 Å². The van der Waals surface area contributed by atoms with Crippen molar-refractivity contribution in [2.45, 2.75) is 18.1 Å². The van der Waals surface area contributed by atoms with E-state index >= 15 is 0 Å². The van der Waals surface area contributed by atoms with Crippen molar-refractivity contribution in [1.29, 1.82) is 0 Å². The van der Waals surface area contributed by atoms with Gasteiger partial charge in [-0.05, 0) is 60.9 Å². The molecule has 0 saturated carbocycles. The molecule has 0 N–H and O–H groups in total. The van der Waals surface area contributed by atoms with E-state index in [-0.39, 0.29) is 28.6 Å². The molecule has 6 nitrogen and oxygen atoms in total. The molecule has 144 valence electrons. The summed E-state index contributed by atoms with van der Waals surface area (Å²) in [5.74, 6) is -1.64. The average molecular weight is 423 g/mol. The molecular formula is C18H13ClF2N4O2S. The lowest BCUT2D eigenvalue weighted by Gasteiger charge is -2.30. The van der Waals surface area contributed by atoms with E-state index in [1.807, 2.05) is 0 Å². The highest BCUT2D eigenvalue weighted by Crippen LogP contribution is 2.39. The summed E-state index contributed by atoms with van der Waals surface area (Å²) in [6, 6.07) is 5.01. The van der Waals surface area contributed by atoms with Gasteiger partial charge >= 0.3 is 0 Å². The van der Waals surface area contributed by atoms with Gasteiger partial charge in [-0.2, -0.15) is 0 Å². The molecule has 3 aromatic rings. The van der Waals surface area contributed by atoms with E-state index in [1.54, 1.807) is 18.2 Å². The summed E-state index contributed by atoms with van der Waals surface area (Å²) < 4.78 is 54.7. The van der Waals surface area contributed by atoms with Crippen LogP contribution in [0.5, 0.6) is 0 Å². The van der Waals surface area contributed by atoms with Gasteiger partial charge in [-0.15, -0.1) is 0 Å². The summed E-state index contributed by atoms with van der Waals surface area (Å²) in [5.41, 5.74) is 0.0577. The van der Waals surface area contributed by atoms with Gasteiger partial charge in [0.25, 0.3) is 0 Å². The standard InChI is InChI=1S/C18H13ClF2N4O2S/c1-18(28(26,27)25-6-4-11-3-2-5-22-16(11)25)8-12(7-13(20)9-18)15-14(21)10-23-17(19)24-15/h2-7,9-10H,8H2,1H3. The third kappa shape index (κ3) is 2.91. The lowest BCUT2D eigenvalue weighted by molar-refractivity contribution is 0.545. The first-order valence-electron chi connectivity index (χ1n) is 8.16. The fourth-order valence-electron chi connectivity index (χ4n) is 3.23. The summed E-state index contributed by atoms with van der Waals surface area (Å²) in [5, 5.41) is 0.400. The topological polar surface area (TPSA) is 77.7 Å². The Morgan fingerprint density at radius 2 is 2.04 bits per heavy atom. The van der Waals surface area contributed by atoms with Crippen molar-refractivity contribution in [2.24, 2.45) is 0 Å². The molecule has 1 unspecified atom stereocenters. The van der Waals surface area contributed by atoms with E-state index in [1.165, 1.54) is 19.3 Å². The molecule has 0 saturated heterocycles. The molecule has 0 radical (unpaired) electrons. The minimum absolute atomic E-state index is 0.0669. The summed E-state index contributed by atoms with van der Waals surface area (Å²) in [6.45, 7) is 1.37. The molecular weight excluding hydrogens is 410 g/mol. The molecule has 0 amide bonds. The number of nitrogens with zero attached hydrogens (tertiary/aromatic N) is 4. The van der Waals surface area contributed by atoms with Crippen molar-refractivity contribution in [1.82, 2.24) is 18.9 Å². The fraction of sp³-hybridized carbons (Fsp3) is 0.167. The second-order valence-corrected chi connectivity index (χ2v) is 9.17. The molecule has 0 aromatic carbocycles. The second-order valence-electron chi connectivity index (χ2n) is 6.56. The molecule has 0 spiro atoms. The zero-order valence-electron chi connectivity index (χ0n) is 14.5. The Labute approximate surface area is 164 Å². The highest BCUT2D eigenvalue weighted by Gasteiger charge is 2.43. The first-order valence-corrected chi connectivity index (χ1v) is 9.98. The molecule has 0 bridgehead atoms. The minimum atomic E-state index is -4.14. The van der Waals surface area contributed by atoms with Crippen molar-refractivity contribution in [3.8, 4) is 0 Å². The van der Waals surface area contributed by atoms with E-state index < -0.39 is 26.4 Å². The van der Waals surface area contributed by atoms with Crippen LogP contribution in [0.2, 0.25) is 5.28 Å². The maximum absolute atomic E-state index is 14.4. The number of halogens is 3. The highest BCUT2D eigenvalue weighted by molar-refractivity contribution is 7.91. The first-order chi connectivity index (χ1) is 13.2. The Balaban J connectivity index is 1.84. The molecule has 0 fully saturated rings. The van der Waals surface area contributed by atoms with Crippen LogP contribution in [-0.2, 0) is 10.0 Å². The Morgan fingerprint density at radius 1 is 1.25 bits per heavy atom. The average Bonchev–Trinajstić information content (AvgIpc) is 3.07. The maximum atomic E-state index is 14.4. The van der Waals surface area contributed by atoms with Gasteiger partial charge in [0, 0.05) is 17.8 Å². The van der Waals surface area contributed by atoms with E-state index in [4.69, 9.17) is 11.6 Å². The number of rotatable bonds is 3. The number of aromatic nitrogens is 4. The molecule has 3 aromatic heterocycles. The Hall–Kier alpha value is -2.65. The van der Waals surface area contributed by atoms with Crippen LogP contribution in [0.25, 0.3) is 16.6 Å². The predicted octanol–water partition coefficient (Wildman–Crippen LogP) is 3.90. The van der Waals surface area contributed by atoms with Crippen LogP contribution < -0.4 is 0 Å². The van der Waals surface area contributed by atoms with Crippen molar-refractivity contribution in [3.05, 3.63) is 71.6 Å². The van der Waals surface area contributed by atoms with E-state index in [9.17, 15) is 17.2 Å². The van der Waals surface area contributed by atoms with Gasteiger partial charge in [-0.1, -0.05) is 0 Å². The zero-order chi connectivity index (χ0) is 20.1. The van der Waals surface area contributed by atoms with Gasteiger partial charge < -0.3 is 0 Å².